The first-order valence-electron chi connectivity index (χ1n) is 8.72. The second-order valence-corrected chi connectivity index (χ2v) is 6.45. The van der Waals surface area contributed by atoms with Gasteiger partial charge in [-0.3, -0.25) is 4.79 Å². The van der Waals surface area contributed by atoms with Gasteiger partial charge in [0, 0.05) is 5.56 Å². The topological polar surface area (TPSA) is 130 Å². The van der Waals surface area contributed by atoms with Crippen molar-refractivity contribution in [1.82, 2.24) is 0 Å². The van der Waals surface area contributed by atoms with Gasteiger partial charge in [-0.2, -0.15) is 0 Å². The first-order chi connectivity index (χ1) is 13.4. The van der Waals surface area contributed by atoms with Gasteiger partial charge in [-0.1, -0.05) is 36.9 Å². The number of hydrogen-bond acceptors (Lipinski definition) is 8. The van der Waals surface area contributed by atoms with Crippen LogP contribution in [0.5, 0.6) is 0 Å². The normalized spacial score (nSPS) is 27.5. The number of hydrogen-bond donors (Lipinski definition) is 4. The average Bonchev–Trinajstić information content (AvgIpc) is 3.20. The predicted octanol–water partition coefficient (Wildman–Crippen LogP) is 0.492. The van der Waals surface area contributed by atoms with Gasteiger partial charge in [-0.25, -0.2) is 0 Å². The van der Waals surface area contributed by atoms with Crippen LogP contribution in [0.4, 0.5) is 0 Å². The molecular formula is C20H22O8. The molecule has 0 amide bonds. The molecule has 1 aliphatic rings. The Labute approximate surface area is 161 Å². The van der Waals surface area contributed by atoms with Gasteiger partial charge < -0.3 is 34.3 Å². The van der Waals surface area contributed by atoms with E-state index in [0.717, 1.165) is 0 Å². The van der Waals surface area contributed by atoms with E-state index in [4.69, 9.17) is 13.9 Å². The zero-order valence-electron chi connectivity index (χ0n) is 15.0. The molecule has 0 spiro atoms. The number of ketones is 1. The molecule has 1 fully saturated rings. The second kappa shape index (κ2) is 8.78. The molecule has 1 aliphatic heterocycles. The third-order valence-corrected chi connectivity index (χ3v) is 4.51. The Hall–Kier alpha value is -2.33. The van der Waals surface area contributed by atoms with Crippen LogP contribution in [0, 0.1) is 0 Å². The molecule has 3 rings (SSSR count). The molecule has 0 aliphatic carbocycles. The van der Waals surface area contributed by atoms with Crippen molar-refractivity contribution in [2.75, 3.05) is 6.61 Å². The molecule has 28 heavy (non-hydrogen) atoms. The number of aliphatic hydroxyl groups is 4. The Morgan fingerprint density at radius 3 is 2.43 bits per heavy atom. The molecule has 5 atom stereocenters. The fraction of sp³-hybridized carbons (Fsp3) is 0.350. The highest BCUT2D eigenvalue weighted by molar-refractivity contribution is 6.27. The lowest BCUT2D eigenvalue weighted by Crippen LogP contribution is -2.59. The summed E-state index contributed by atoms with van der Waals surface area (Å²) >= 11 is 0. The zero-order valence-corrected chi connectivity index (χ0v) is 15.0. The van der Waals surface area contributed by atoms with Crippen molar-refractivity contribution in [1.29, 1.82) is 0 Å². The van der Waals surface area contributed by atoms with Crippen LogP contribution >= 0.6 is 0 Å². The van der Waals surface area contributed by atoms with Crippen LogP contribution in [0.2, 0.25) is 0 Å². The molecule has 1 unspecified atom stereocenters. The van der Waals surface area contributed by atoms with Crippen LogP contribution in [0.1, 0.15) is 21.9 Å². The highest BCUT2D eigenvalue weighted by atomic mass is 16.7. The monoisotopic (exact) mass is 390 g/mol. The van der Waals surface area contributed by atoms with Gasteiger partial charge in [0.25, 0.3) is 0 Å². The van der Waals surface area contributed by atoms with Crippen LogP contribution in [0.15, 0.2) is 53.5 Å². The van der Waals surface area contributed by atoms with Crippen molar-refractivity contribution >= 4 is 11.4 Å². The smallest absolute Gasteiger partial charge is 0.196 e. The highest BCUT2D eigenvalue weighted by Crippen LogP contribution is 2.25. The number of carbonyl (C=O) groups is 1. The van der Waals surface area contributed by atoms with E-state index in [-0.39, 0.29) is 23.7 Å². The van der Waals surface area contributed by atoms with Gasteiger partial charge >= 0.3 is 0 Å². The fourth-order valence-electron chi connectivity index (χ4n) is 2.86. The molecule has 4 N–H and O–H groups in total. The van der Waals surface area contributed by atoms with E-state index in [0.29, 0.717) is 11.3 Å². The molecule has 1 saturated heterocycles. The van der Waals surface area contributed by atoms with Crippen molar-refractivity contribution in [2.45, 2.75) is 37.3 Å². The summed E-state index contributed by atoms with van der Waals surface area (Å²) in [5.74, 6) is 0.353. The summed E-state index contributed by atoms with van der Waals surface area (Å²) in [5.41, 5.74) is 0.674. The standard InChI is InChI=1S/C20H22O8/c1-11(16(22)12-5-3-2-4-6-12)14-8-7-13(27-14)10-26-20-19(25)18(24)17(23)15(9-21)28-20/h2-8,15,17-21,23-25H,1,9-10H2/t15-,17-,18+,19-,20?/m1/s1. The molecule has 2 aromatic rings. The van der Waals surface area contributed by atoms with Crippen molar-refractivity contribution in [3.05, 3.63) is 66.1 Å². The van der Waals surface area contributed by atoms with Crippen LogP contribution in [-0.4, -0.2) is 63.5 Å². The number of rotatable bonds is 7. The number of carbonyl (C=O) groups excluding carboxylic acids is 1. The van der Waals surface area contributed by atoms with E-state index < -0.39 is 37.3 Å². The molecule has 8 nitrogen and oxygen atoms in total. The van der Waals surface area contributed by atoms with Crippen molar-refractivity contribution in [3.63, 3.8) is 0 Å². The molecule has 0 saturated carbocycles. The van der Waals surface area contributed by atoms with Gasteiger partial charge in [-0.15, -0.1) is 0 Å². The number of benzene rings is 1. The minimum Gasteiger partial charge on any atom is -0.459 e. The fourth-order valence-corrected chi connectivity index (χ4v) is 2.86. The summed E-state index contributed by atoms with van der Waals surface area (Å²) in [4.78, 5) is 12.4. The maximum atomic E-state index is 12.4. The molecule has 1 aromatic carbocycles. The third-order valence-electron chi connectivity index (χ3n) is 4.51. The lowest BCUT2D eigenvalue weighted by molar-refractivity contribution is -0.304. The number of Topliss-reactive ketones (excluding diaryl/α,β-unsaturated/α-hetero) is 1. The minimum absolute atomic E-state index is 0.129. The molecule has 0 bridgehead atoms. The van der Waals surface area contributed by atoms with E-state index >= 15 is 0 Å². The van der Waals surface area contributed by atoms with Crippen molar-refractivity contribution in [3.8, 4) is 0 Å². The quantitative estimate of drug-likeness (QED) is 0.397. The Balaban J connectivity index is 1.62. The number of furan rings is 1. The predicted molar refractivity (Wildman–Crippen MR) is 97.1 cm³/mol. The summed E-state index contributed by atoms with van der Waals surface area (Å²) in [6, 6.07) is 11.8. The van der Waals surface area contributed by atoms with Crippen LogP contribution in [0.25, 0.3) is 5.57 Å². The Morgan fingerprint density at radius 2 is 1.75 bits per heavy atom. The summed E-state index contributed by atoms with van der Waals surface area (Å²) in [5, 5.41) is 38.7. The SMILES string of the molecule is C=C(C(=O)c1ccccc1)c1ccc(COC2O[C@H](CO)[C@@H](O)[C@H](O)[C@H]2O)o1. The average molecular weight is 390 g/mol. The summed E-state index contributed by atoms with van der Waals surface area (Å²) in [6.07, 6.45) is -6.80. The van der Waals surface area contributed by atoms with E-state index in [1.807, 2.05) is 0 Å². The summed E-state index contributed by atoms with van der Waals surface area (Å²) < 4.78 is 16.2. The zero-order chi connectivity index (χ0) is 20.3. The van der Waals surface area contributed by atoms with Gasteiger partial charge in [-0.05, 0) is 12.1 Å². The number of ether oxygens (including phenoxy) is 2. The maximum Gasteiger partial charge on any atom is 0.196 e. The summed E-state index contributed by atoms with van der Waals surface area (Å²) in [6.45, 7) is 3.10. The maximum absolute atomic E-state index is 12.4. The highest BCUT2D eigenvalue weighted by Gasteiger charge is 2.44. The van der Waals surface area contributed by atoms with Crippen molar-refractivity contribution in [2.24, 2.45) is 0 Å². The van der Waals surface area contributed by atoms with Gasteiger partial charge in [0.05, 0.1) is 12.2 Å². The Kier molecular flexibility index (Phi) is 6.40. The van der Waals surface area contributed by atoms with Gasteiger partial charge in [0.15, 0.2) is 12.1 Å². The van der Waals surface area contributed by atoms with Crippen LogP contribution in [-0.2, 0) is 16.1 Å². The van der Waals surface area contributed by atoms with Crippen LogP contribution in [0.3, 0.4) is 0 Å². The molecule has 0 radical (unpaired) electrons. The lowest BCUT2D eigenvalue weighted by atomic mass is 9.99. The second-order valence-electron chi connectivity index (χ2n) is 6.45. The van der Waals surface area contributed by atoms with E-state index in [2.05, 4.69) is 6.58 Å². The Morgan fingerprint density at radius 1 is 1.04 bits per heavy atom. The van der Waals surface area contributed by atoms with Crippen LogP contribution < -0.4 is 0 Å². The first-order valence-corrected chi connectivity index (χ1v) is 8.72. The molecule has 150 valence electrons. The van der Waals surface area contributed by atoms with Gasteiger partial charge in [0.2, 0.25) is 0 Å². The third kappa shape index (κ3) is 4.22. The first kappa shape index (κ1) is 20.4. The summed E-state index contributed by atoms with van der Waals surface area (Å²) in [7, 11) is 0. The molecule has 8 heteroatoms. The van der Waals surface area contributed by atoms with E-state index in [1.54, 1.807) is 42.5 Å². The Bertz CT molecular complexity index is 813. The van der Waals surface area contributed by atoms with Crippen molar-refractivity contribution < 1.29 is 39.1 Å². The number of allylic oxidation sites excluding steroid dienone is 1. The lowest BCUT2D eigenvalue weighted by Gasteiger charge is -2.39. The minimum atomic E-state index is -1.52. The molecular weight excluding hydrogens is 368 g/mol. The number of aliphatic hydroxyl groups excluding tert-OH is 4. The largest absolute Gasteiger partial charge is 0.459 e. The molecule has 2 heterocycles. The van der Waals surface area contributed by atoms with Gasteiger partial charge in [0.1, 0.15) is 42.5 Å². The van der Waals surface area contributed by atoms with E-state index in [9.17, 15) is 25.2 Å². The molecule has 1 aromatic heterocycles. The van der Waals surface area contributed by atoms with E-state index in [1.165, 1.54) is 0 Å².